The van der Waals surface area contributed by atoms with E-state index in [0.29, 0.717) is 6.92 Å². The van der Waals surface area contributed by atoms with E-state index in [1.165, 1.54) is 30.5 Å². The first-order valence-corrected chi connectivity index (χ1v) is 6.41. The summed E-state index contributed by atoms with van der Waals surface area (Å²) in [6, 6.07) is 7.14. The minimum atomic E-state index is -5.01. The molecule has 0 aliphatic carbocycles. The summed E-state index contributed by atoms with van der Waals surface area (Å²) in [5, 5.41) is 0. The van der Waals surface area contributed by atoms with Gasteiger partial charge in [-0.2, -0.15) is 13.2 Å². The number of aromatic nitrogens is 1. The molecular formula is C15H12F4N2O2. The fourth-order valence-electron chi connectivity index (χ4n) is 1.71. The van der Waals surface area contributed by atoms with Crippen molar-refractivity contribution in [3.05, 3.63) is 53.7 Å². The highest BCUT2D eigenvalue weighted by Crippen LogP contribution is 2.42. The zero-order valence-corrected chi connectivity index (χ0v) is 11.9. The van der Waals surface area contributed by atoms with Crippen molar-refractivity contribution in [1.82, 2.24) is 4.98 Å². The molecule has 122 valence electrons. The molecular weight excluding hydrogens is 316 g/mol. The molecule has 2 rings (SSSR count). The van der Waals surface area contributed by atoms with Gasteiger partial charge in [0, 0.05) is 12.3 Å². The van der Waals surface area contributed by atoms with Gasteiger partial charge >= 0.3 is 6.18 Å². The maximum absolute atomic E-state index is 13.8. The van der Waals surface area contributed by atoms with Gasteiger partial charge in [-0.1, -0.05) is 12.1 Å². The van der Waals surface area contributed by atoms with Gasteiger partial charge in [0.05, 0.1) is 5.56 Å². The number of hydrogen-bond donors (Lipinski definition) is 1. The van der Waals surface area contributed by atoms with E-state index >= 15 is 0 Å². The van der Waals surface area contributed by atoms with Crippen LogP contribution < -0.4 is 10.5 Å². The number of rotatable bonds is 4. The molecule has 1 aromatic heterocycles. The highest BCUT2D eigenvalue weighted by atomic mass is 19.4. The molecule has 0 bridgehead atoms. The van der Waals surface area contributed by atoms with E-state index < -0.39 is 23.3 Å². The second-order valence-electron chi connectivity index (χ2n) is 4.88. The Morgan fingerprint density at radius 1 is 1.09 bits per heavy atom. The molecule has 2 aromatic rings. The lowest BCUT2D eigenvalue weighted by atomic mass is 9.97. The standard InChI is InChI=1S/C15H12F4N2O2/c1-14(16,15(17,18)19)10-3-5-11(6-4-10)23-12-7-2-9(8-21-12)13(20)22/h2-8H,1H3,(H2,20,22). The lowest BCUT2D eigenvalue weighted by Gasteiger charge is -2.24. The summed E-state index contributed by atoms with van der Waals surface area (Å²) in [6.07, 6.45) is -3.81. The zero-order valence-electron chi connectivity index (χ0n) is 11.9. The normalized spacial score (nSPS) is 14.1. The summed E-state index contributed by atoms with van der Waals surface area (Å²) >= 11 is 0. The average Bonchev–Trinajstić information content (AvgIpc) is 2.47. The number of nitrogens with zero attached hydrogens (tertiary/aromatic N) is 1. The SMILES string of the molecule is CC(F)(c1ccc(Oc2ccc(C(N)=O)cn2)cc1)C(F)(F)F. The Kier molecular flexibility index (Phi) is 4.26. The third-order valence-corrected chi connectivity index (χ3v) is 3.17. The molecule has 4 nitrogen and oxygen atoms in total. The fourth-order valence-corrected chi connectivity index (χ4v) is 1.71. The topological polar surface area (TPSA) is 65.2 Å². The summed E-state index contributed by atoms with van der Waals surface area (Å²) in [4.78, 5) is 14.7. The molecule has 2 N–H and O–H groups in total. The smallest absolute Gasteiger partial charge is 0.426 e. The van der Waals surface area contributed by atoms with Crippen LogP contribution in [0, 0.1) is 0 Å². The van der Waals surface area contributed by atoms with E-state index in [0.717, 1.165) is 12.1 Å². The van der Waals surface area contributed by atoms with Crippen LogP contribution in [-0.4, -0.2) is 17.1 Å². The van der Waals surface area contributed by atoms with Crippen molar-refractivity contribution in [2.24, 2.45) is 5.73 Å². The number of nitrogens with two attached hydrogens (primary N) is 1. The summed E-state index contributed by atoms with van der Waals surface area (Å²) in [7, 11) is 0. The van der Waals surface area contributed by atoms with E-state index in [1.54, 1.807) is 0 Å². The molecule has 0 saturated heterocycles. The van der Waals surface area contributed by atoms with Gasteiger partial charge in [0.25, 0.3) is 0 Å². The third kappa shape index (κ3) is 3.58. The van der Waals surface area contributed by atoms with Crippen LogP contribution in [0.25, 0.3) is 0 Å². The average molecular weight is 328 g/mol. The molecule has 0 fully saturated rings. The second kappa shape index (κ2) is 5.86. The van der Waals surface area contributed by atoms with Crippen LogP contribution in [-0.2, 0) is 5.67 Å². The molecule has 1 aromatic carbocycles. The highest BCUT2D eigenvalue weighted by molar-refractivity contribution is 5.92. The Labute approximate surface area is 128 Å². The number of benzene rings is 1. The van der Waals surface area contributed by atoms with Crippen molar-refractivity contribution in [1.29, 1.82) is 0 Å². The van der Waals surface area contributed by atoms with Crippen molar-refractivity contribution >= 4 is 5.91 Å². The molecule has 8 heteroatoms. The zero-order chi connectivity index (χ0) is 17.3. The van der Waals surface area contributed by atoms with Crippen molar-refractivity contribution < 1.29 is 27.1 Å². The largest absolute Gasteiger partial charge is 0.439 e. The third-order valence-electron chi connectivity index (χ3n) is 3.17. The van der Waals surface area contributed by atoms with Crippen molar-refractivity contribution in [3.63, 3.8) is 0 Å². The Bertz CT molecular complexity index is 695. The van der Waals surface area contributed by atoms with Crippen LogP contribution in [0.3, 0.4) is 0 Å². The molecule has 0 aliphatic rings. The first-order chi connectivity index (χ1) is 10.6. The molecule has 1 atom stereocenters. The van der Waals surface area contributed by atoms with E-state index in [-0.39, 0.29) is 17.2 Å². The lowest BCUT2D eigenvalue weighted by molar-refractivity contribution is -0.228. The predicted octanol–water partition coefficient (Wildman–Crippen LogP) is 3.72. The number of carbonyl (C=O) groups excluding carboxylic acids is 1. The van der Waals surface area contributed by atoms with Crippen molar-refractivity contribution in [3.8, 4) is 11.6 Å². The number of halogens is 4. The van der Waals surface area contributed by atoms with E-state index in [2.05, 4.69) is 4.98 Å². The van der Waals surface area contributed by atoms with Gasteiger partial charge in [-0.15, -0.1) is 0 Å². The summed E-state index contributed by atoms with van der Waals surface area (Å²) < 4.78 is 56.9. The van der Waals surface area contributed by atoms with Gasteiger partial charge < -0.3 is 10.5 Å². The van der Waals surface area contributed by atoms with Gasteiger partial charge in [-0.25, -0.2) is 9.37 Å². The first-order valence-electron chi connectivity index (χ1n) is 6.41. The highest BCUT2D eigenvalue weighted by Gasteiger charge is 2.53. The molecule has 0 aliphatic heterocycles. The quantitative estimate of drug-likeness (QED) is 0.870. The van der Waals surface area contributed by atoms with Crippen LogP contribution in [0.15, 0.2) is 42.6 Å². The Hall–Kier alpha value is -2.64. The lowest BCUT2D eigenvalue weighted by Crippen LogP contribution is -2.34. The Morgan fingerprint density at radius 3 is 2.13 bits per heavy atom. The fraction of sp³-hybridized carbons (Fsp3) is 0.200. The number of ether oxygens (including phenoxy) is 1. The number of hydrogen-bond acceptors (Lipinski definition) is 3. The van der Waals surface area contributed by atoms with Crippen LogP contribution in [0.4, 0.5) is 17.6 Å². The molecule has 1 unspecified atom stereocenters. The summed E-state index contributed by atoms with van der Waals surface area (Å²) in [5.41, 5.74) is 1.26. The minimum Gasteiger partial charge on any atom is -0.439 e. The molecule has 23 heavy (non-hydrogen) atoms. The number of alkyl halides is 4. The van der Waals surface area contributed by atoms with Crippen LogP contribution in [0.1, 0.15) is 22.8 Å². The van der Waals surface area contributed by atoms with Crippen molar-refractivity contribution in [2.75, 3.05) is 0 Å². The maximum Gasteiger partial charge on any atom is 0.426 e. The van der Waals surface area contributed by atoms with Gasteiger partial charge in [0.1, 0.15) is 5.75 Å². The van der Waals surface area contributed by atoms with Crippen LogP contribution >= 0.6 is 0 Å². The molecule has 1 amide bonds. The Morgan fingerprint density at radius 2 is 1.70 bits per heavy atom. The summed E-state index contributed by atoms with van der Waals surface area (Å²) in [5.74, 6) is -0.365. The number of carbonyl (C=O) groups is 1. The number of primary amides is 1. The summed E-state index contributed by atoms with van der Waals surface area (Å²) in [6.45, 7) is 0.451. The van der Waals surface area contributed by atoms with Gasteiger partial charge in [-0.05, 0) is 30.7 Å². The van der Waals surface area contributed by atoms with E-state index in [1.807, 2.05) is 0 Å². The van der Waals surface area contributed by atoms with Crippen LogP contribution in [0.2, 0.25) is 0 Å². The van der Waals surface area contributed by atoms with Gasteiger partial charge in [-0.3, -0.25) is 4.79 Å². The molecule has 0 spiro atoms. The predicted molar refractivity (Wildman–Crippen MR) is 73.8 cm³/mol. The number of amides is 1. The molecule has 1 heterocycles. The van der Waals surface area contributed by atoms with Crippen LogP contribution in [0.5, 0.6) is 11.6 Å². The van der Waals surface area contributed by atoms with E-state index in [4.69, 9.17) is 10.5 Å². The minimum absolute atomic E-state index is 0.113. The van der Waals surface area contributed by atoms with Crippen molar-refractivity contribution in [2.45, 2.75) is 18.8 Å². The molecule has 0 saturated carbocycles. The van der Waals surface area contributed by atoms with E-state index in [9.17, 15) is 22.4 Å². The maximum atomic E-state index is 13.8. The Balaban J connectivity index is 2.16. The second-order valence-corrected chi connectivity index (χ2v) is 4.88. The monoisotopic (exact) mass is 328 g/mol. The van der Waals surface area contributed by atoms with Gasteiger partial charge in [0.2, 0.25) is 17.5 Å². The first kappa shape index (κ1) is 16.7. The molecule has 0 radical (unpaired) electrons. The number of pyridine rings is 1. The van der Waals surface area contributed by atoms with Gasteiger partial charge in [0.15, 0.2) is 0 Å².